The zero-order valence-electron chi connectivity index (χ0n) is 6.23. The van der Waals surface area contributed by atoms with Gasteiger partial charge in [-0.25, -0.2) is 9.78 Å². The summed E-state index contributed by atoms with van der Waals surface area (Å²) in [6.07, 6.45) is 0. The van der Waals surface area contributed by atoms with Crippen molar-refractivity contribution < 1.29 is 9.53 Å². The first-order valence-electron chi connectivity index (χ1n) is 3.23. The van der Waals surface area contributed by atoms with Crippen LogP contribution in [0.2, 0.25) is 5.15 Å². The number of carbonyl (C=O) groups is 1. The molecule has 0 atom stereocenters. The van der Waals surface area contributed by atoms with E-state index >= 15 is 0 Å². The smallest absolute Gasteiger partial charge is 0.360 e. The fourth-order valence-electron chi connectivity index (χ4n) is 0.660. The van der Waals surface area contributed by atoms with E-state index in [1.54, 1.807) is 6.92 Å². The lowest BCUT2D eigenvalue weighted by Crippen LogP contribution is -2.05. The Balaban J connectivity index is 2.87. The van der Waals surface area contributed by atoms with Gasteiger partial charge in [0, 0.05) is 0 Å². The van der Waals surface area contributed by atoms with E-state index in [1.807, 2.05) is 0 Å². The number of aromatic nitrogens is 2. The molecule has 0 saturated carbocycles. The zero-order valence-corrected chi connectivity index (χ0v) is 8.57. The Labute approximate surface area is 82.4 Å². The first-order valence-corrected chi connectivity index (χ1v) is 4.40. The molecule has 0 unspecified atom stereocenters. The fraction of sp³-hybridized carbons (Fsp3) is 0.333. The molecule has 0 aliphatic rings. The second kappa shape index (κ2) is 3.91. The largest absolute Gasteiger partial charge is 0.461 e. The van der Waals surface area contributed by atoms with Crippen LogP contribution in [-0.4, -0.2) is 22.5 Å². The normalized spacial score (nSPS) is 9.92. The van der Waals surface area contributed by atoms with Crippen molar-refractivity contribution in [2.75, 3.05) is 6.61 Å². The summed E-state index contributed by atoms with van der Waals surface area (Å²) in [5.41, 5.74) is 0.102. The van der Waals surface area contributed by atoms with Crippen molar-refractivity contribution in [3.05, 3.63) is 15.6 Å². The molecule has 0 bridgehead atoms. The Morgan fingerprint density at radius 3 is 2.92 bits per heavy atom. The molecule has 0 fully saturated rings. The third-order valence-corrected chi connectivity index (χ3v) is 1.75. The van der Waals surface area contributed by atoms with E-state index in [9.17, 15) is 4.79 Å². The predicted molar refractivity (Wildman–Crippen MR) is 47.3 cm³/mol. The number of H-pyrrole nitrogens is 1. The number of hydrogen-bond donors (Lipinski definition) is 1. The SMILES string of the molecule is CCOC(=O)c1nc(Br)[nH]c1Cl. The minimum Gasteiger partial charge on any atom is -0.461 e. The third kappa shape index (κ3) is 1.98. The van der Waals surface area contributed by atoms with E-state index < -0.39 is 5.97 Å². The molecule has 1 N–H and O–H groups in total. The molecule has 0 aliphatic heterocycles. The Morgan fingerprint density at radius 2 is 2.50 bits per heavy atom. The molecule has 0 aliphatic carbocycles. The molecule has 4 nitrogen and oxygen atoms in total. The van der Waals surface area contributed by atoms with Crippen molar-refractivity contribution in [2.45, 2.75) is 6.92 Å². The average molecular weight is 253 g/mol. The number of rotatable bonds is 2. The standard InChI is InChI=1S/C6H6BrClN2O2/c1-2-12-5(11)3-4(8)10-6(7)9-3/h2H2,1H3,(H,9,10). The van der Waals surface area contributed by atoms with E-state index in [0.29, 0.717) is 11.3 Å². The van der Waals surface area contributed by atoms with E-state index in [1.165, 1.54) is 0 Å². The summed E-state index contributed by atoms with van der Waals surface area (Å²) in [6.45, 7) is 2.02. The van der Waals surface area contributed by atoms with Crippen LogP contribution in [0.1, 0.15) is 17.4 Å². The topological polar surface area (TPSA) is 55.0 Å². The van der Waals surface area contributed by atoms with Gasteiger partial charge in [0.2, 0.25) is 0 Å². The van der Waals surface area contributed by atoms with Crippen LogP contribution in [0.3, 0.4) is 0 Å². The van der Waals surface area contributed by atoms with Gasteiger partial charge in [-0.2, -0.15) is 0 Å². The Bertz CT molecular complexity index is 300. The maximum absolute atomic E-state index is 11.1. The Kier molecular flexibility index (Phi) is 3.11. The molecule has 6 heteroatoms. The number of halogens is 2. The van der Waals surface area contributed by atoms with E-state index in [2.05, 4.69) is 25.9 Å². The number of esters is 1. The van der Waals surface area contributed by atoms with Crippen LogP contribution in [0.5, 0.6) is 0 Å². The van der Waals surface area contributed by atoms with Crippen molar-refractivity contribution in [2.24, 2.45) is 0 Å². The summed E-state index contributed by atoms with van der Waals surface area (Å²) in [6, 6.07) is 0. The summed E-state index contributed by atoms with van der Waals surface area (Å²) in [5, 5.41) is 0.181. The highest BCUT2D eigenvalue weighted by Gasteiger charge is 2.15. The summed E-state index contributed by atoms with van der Waals surface area (Å²) >= 11 is 8.67. The van der Waals surface area contributed by atoms with Crippen LogP contribution in [0.25, 0.3) is 0 Å². The van der Waals surface area contributed by atoms with Gasteiger partial charge < -0.3 is 9.72 Å². The second-order valence-electron chi connectivity index (χ2n) is 1.91. The summed E-state index contributed by atoms with van der Waals surface area (Å²) in [7, 11) is 0. The number of aromatic amines is 1. The monoisotopic (exact) mass is 252 g/mol. The van der Waals surface area contributed by atoms with Gasteiger partial charge in [-0.3, -0.25) is 0 Å². The maximum Gasteiger partial charge on any atom is 0.360 e. The van der Waals surface area contributed by atoms with Gasteiger partial charge in [0.05, 0.1) is 6.61 Å². The molecule has 12 heavy (non-hydrogen) atoms. The van der Waals surface area contributed by atoms with Crippen LogP contribution in [0.15, 0.2) is 4.73 Å². The Hall–Kier alpha value is -0.550. The van der Waals surface area contributed by atoms with Gasteiger partial charge in [0.25, 0.3) is 0 Å². The van der Waals surface area contributed by atoms with E-state index in [4.69, 9.17) is 16.3 Å². The highest BCUT2D eigenvalue weighted by Crippen LogP contribution is 2.16. The minimum absolute atomic E-state index is 0.102. The third-order valence-electron chi connectivity index (χ3n) is 1.10. The van der Waals surface area contributed by atoms with Crippen molar-refractivity contribution in [3.63, 3.8) is 0 Å². The minimum atomic E-state index is -0.524. The lowest BCUT2D eigenvalue weighted by atomic mass is 10.5. The van der Waals surface area contributed by atoms with Crippen LogP contribution in [0, 0.1) is 0 Å². The molecule has 0 amide bonds. The lowest BCUT2D eigenvalue weighted by molar-refractivity contribution is 0.0520. The van der Waals surface area contributed by atoms with Crippen molar-refractivity contribution >= 4 is 33.5 Å². The van der Waals surface area contributed by atoms with Gasteiger partial charge in [0.15, 0.2) is 10.4 Å². The molecule has 66 valence electrons. The molecule has 0 spiro atoms. The van der Waals surface area contributed by atoms with Crippen molar-refractivity contribution in [1.82, 2.24) is 9.97 Å². The highest BCUT2D eigenvalue weighted by molar-refractivity contribution is 9.10. The van der Waals surface area contributed by atoms with Gasteiger partial charge in [-0.1, -0.05) is 11.6 Å². The van der Waals surface area contributed by atoms with E-state index in [-0.39, 0.29) is 10.8 Å². The number of nitrogens with one attached hydrogen (secondary N) is 1. The molecule has 1 rings (SSSR count). The van der Waals surface area contributed by atoms with Crippen LogP contribution < -0.4 is 0 Å². The summed E-state index contributed by atoms with van der Waals surface area (Å²) in [5.74, 6) is -0.524. The number of carbonyl (C=O) groups excluding carboxylic acids is 1. The van der Waals surface area contributed by atoms with Crippen molar-refractivity contribution in [1.29, 1.82) is 0 Å². The molecule has 1 heterocycles. The lowest BCUT2D eigenvalue weighted by Gasteiger charge is -1.96. The van der Waals surface area contributed by atoms with Gasteiger partial charge in [-0.05, 0) is 22.9 Å². The number of nitrogens with zero attached hydrogens (tertiary/aromatic N) is 1. The zero-order chi connectivity index (χ0) is 9.14. The molecular formula is C6H6BrClN2O2. The first-order chi connectivity index (χ1) is 5.65. The summed E-state index contributed by atoms with van der Waals surface area (Å²) in [4.78, 5) is 17.5. The van der Waals surface area contributed by atoms with Gasteiger partial charge >= 0.3 is 5.97 Å². The van der Waals surface area contributed by atoms with E-state index in [0.717, 1.165) is 0 Å². The number of imidazole rings is 1. The van der Waals surface area contributed by atoms with Gasteiger partial charge in [0.1, 0.15) is 5.15 Å². The summed E-state index contributed by atoms with van der Waals surface area (Å²) < 4.78 is 5.11. The van der Waals surface area contributed by atoms with Crippen LogP contribution in [-0.2, 0) is 4.74 Å². The Morgan fingerprint density at radius 1 is 1.83 bits per heavy atom. The second-order valence-corrected chi connectivity index (χ2v) is 3.04. The highest BCUT2D eigenvalue weighted by atomic mass is 79.9. The fourth-order valence-corrected chi connectivity index (χ4v) is 1.36. The molecule has 0 saturated heterocycles. The van der Waals surface area contributed by atoms with Gasteiger partial charge in [-0.15, -0.1) is 0 Å². The van der Waals surface area contributed by atoms with Crippen molar-refractivity contribution in [3.8, 4) is 0 Å². The number of hydrogen-bond acceptors (Lipinski definition) is 3. The number of ether oxygens (including phenoxy) is 1. The van der Waals surface area contributed by atoms with Crippen LogP contribution in [0.4, 0.5) is 0 Å². The molecule has 0 aromatic carbocycles. The van der Waals surface area contributed by atoms with Crippen LogP contribution >= 0.6 is 27.5 Å². The average Bonchev–Trinajstić information content (AvgIpc) is 2.30. The molecular weight excluding hydrogens is 247 g/mol. The molecule has 0 radical (unpaired) electrons. The molecule has 1 aromatic heterocycles. The first kappa shape index (κ1) is 9.54. The maximum atomic E-state index is 11.1. The predicted octanol–water partition coefficient (Wildman–Crippen LogP) is 2.00. The quantitative estimate of drug-likeness (QED) is 0.820. The molecule has 1 aromatic rings.